The molecule has 1 aromatic carbocycles. The molecule has 0 aliphatic heterocycles. The fraction of sp³-hybridized carbons (Fsp3) is 0.154. The van der Waals surface area contributed by atoms with Crippen LogP contribution in [0.25, 0.3) is 0 Å². The van der Waals surface area contributed by atoms with E-state index in [1.165, 1.54) is 23.5 Å². The highest BCUT2D eigenvalue weighted by molar-refractivity contribution is 7.12. The lowest BCUT2D eigenvalue weighted by atomic mass is 10.1. The molecule has 0 radical (unpaired) electrons. The molecule has 1 heterocycles. The summed E-state index contributed by atoms with van der Waals surface area (Å²) in [6.07, 6.45) is 0.395. The van der Waals surface area contributed by atoms with Gasteiger partial charge in [-0.2, -0.15) is 0 Å². The van der Waals surface area contributed by atoms with E-state index in [9.17, 15) is 13.6 Å². The molecule has 0 unspecified atom stereocenters. The molecule has 5 heteroatoms. The monoisotopic (exact) mass is 267 g/mol. The van der Waals surface area contributed by atoms with Gasteiger partial charge < -0.3 is 5.32 Å². The molecule has 0 bridgehead atoms. The Balaban J connectivity index is 1.87. The average molecular weight is 267 g/mol. The average Bonchev–Trinajstić information content (AvgIpc) is 2.80. The molecule has 94 valence electrons. The van der Waals surface area contributed by atoms with E-state index < -0.39 is 11.6 Å². The lowest BCUT2D eigenvalue weighted by Gasteiger charge is -2.04. The van der Waals surface area contributed by atoms with Gasteiger partial charge in [-0.25, -0.2) is 8.78 Å². The van der Waals surface area contributed by atoms with Crippen LogP contribution in [0.3, 0.4) is 0 Å². The lowest BCUT2D eigenvalue weighted by Crippen LogP contribution is -2.24. The van der Waals surface area contributed by atoms with Gasteiger partial charge in [0.2, 0.25) is 0 Å². The number of halogens is 2. The van der Waals surface area contributed by atoms with Crippen molar-refractivity contribution < 1.29 is 13.6 Å². The van der Waals surface area contributed by atoms with Crippen molar-refractivity contribution in [3.8, 4) is 0 Å². The molecule has 1 N–H and O–H groups in total. The predicted molar refractivity (Wildman–Crippen MR) is 66.7 cm³/mol. The van der Waals surface area contributed by atoms with E-state index in [-0.39, 0.29) is 5.91 Å². The highest BCUT2D eigenvalue weighted by atomic mass is 32.1. The summed E-state index contributed by atoms with van der Waals surface area (Å²) in [5, 5.41) is 4.52. The van der Waals surface area contributed by atoms with Crippen LogP contribution in [-0.2, 0) is 6.42 Å². The summed E-state index contributed by atoms with van der Waals surface area (Å²) in [4.78, 5) is 12.2. The maximum Gasteiger partial charge on any atom is 0.261 e. The Morgan fingerprint density at radius 3 is 2.56 bits per heavy atom. The third-order valence-electron chi connectivity index (χ3n) is 2.37. The minimum Gasteiger partial charge on any atom is -0.351 e. The Hall–Kier alpha value is -1.75. The second-order valence-corrected chi connectivity index (χ2v) is 4.71. The van der Waals surface area contributed by atoms with Crippen molar-refractivity contribution in [2.45, 2.75) is 6.42 Å². The zero-order valence-corrected chi connectivity index (χ0v) is 10.3. The maximum absolute atomic E-state index is 12.9. The maximum atomic E-state index is 12.9. The molecule has 2 nitrogen and oxygen atoms in total. The molecule has 0 aliphatic carbocycles. The van der Waals surface area contributed by atoms with Crippen molar-refractivity contribution in [2.75, 3.05) is 6.54 Å². The van der Waals surface area contributed by atoms with Gasteiger partial charge in [-0.3, -0.25) is 4.79 Å². The van der Waals surface area contributed by atoms with Crippen molar-refractivity contribution in [1.29, 1.82) is 0 Å². The summed E-state index contributed by atoms with van der Waals surface area (Å²) in [5.74, 6) is -1.37. The Morgan fingerprint density at radius 1 is 1.22 bits per heavy atom. The first-order valence-corrected chi connectivity index (χ1v) is 6.30. The number of thiophene rings is 1. The van der Waals surface area contributed by atoms with Gasteiger partial charge in [0.1, 0.15) is 11.6 Å². The number of carbonyl (C=O) groups is 1. The van der Waals surface area contributed by atoms with E-state index in [2.05, 4.69) is 5.32 Å². The third kappa shape index (κ3) is 3.37. The number of amides is 1. The van der Waals surface area contributed by atoms with Crippen LogP contribution in [0.1, 0.15) is 15.2 Å². The van der Waals surface area contributed by atoms with Gasteiger partial charge in [0.05, 0.1) is 4.88 Å². The molecular formula is C13H11F2NOS. The number of rotatable bonds is 4. The van der Waals surface area contributed by atoms with E-state index in [1.54, 1.807) is 12.1 Å². The fourth-order valence-corrected chi connectivity index (χ4v) is 2.21. The molecule has 0 aliphatic rings. The first kappa shape index (κ1) is 12.7. The molecule has 0 fully saturated rings. The van der Waals surface area contributed by atoms with E-state index in [0.717, 1.165) is 6.07 Å². The third-order valence-corrected chi connectivity index (χ3v) is 3.24. The second-order valence-electron chi connectivity index (χ2n) is 3.76. The first-order chi connectivity index (χ1) is 8.65. The second kappa shape index (κ2) is 5.73. The van der Waals surface area contributed by atoms with Crippen LogP contribution < -0.4 is 5.32 Å². The molecule has 1 aromatic heterocycles. The topological polar surface area (TPSA) is 29.1 Å². The Labute approximate surface area is 107 Å². The van der Waals surface area contributed by atoms with Crippen molar-refractivity contribution >= 4 is 17.2 Å². The molecule has 2 rings (SSSR count). The number of nitrogens with one attached hydrogen (secondary N) is 1. The van der Waals surface area contributed by atoms with Crippen molar-refractivity contribution in [2.24, 2.45) is 0 Å². The highest BCUT2D eigenvalue weighted by Crippen LogP contribution is 2.09. The minimum atomic E-state index is -0.602. The van der Waals surface area contributed by atoms with E-state index in [1.807, 2.05) is 5.38 Å². The first-order valence-electron chi connectivity index (χ1n) is 5.42. The molecular weight excluding hydrogens is 256 g/mol. The Bertz CT molecular complexity index is 520. The summed E-state index contributed by atoms with van der Waals surface area (Å²) in [6.45, 7) is 0.347. The molecule has 0 atom stereocenters. The van der Waals surface area contributed by atoms with Crippen LogP contribution in [0, 0.1) is 11.6 Å². The molecule has 0 saturated heterocycles. The lowest BCUT2D eigenvalue weighted by molar-refractivity contribution is 0.0958. The predicted octanol–water partition coefficient (Wildman–Crippen LogP) is 3.00. The Kier molecular flexibility index (Phi) is 4.04. The normalized spacial score (nSPS) is 10.3. The highest BCUT2D eigenvalue weighted by Gasteiger charge is 2.06. The van der Waals surface area contributed by atoms with Gasteiger partial charge in [0.15, 0.2) is 0 Å². The van der Waals surface area contributed by atoms with Crippen LogP contribution in [0.15, 0.2) is 35.7 Å². The summed E-state index contributed by atoms with van der Waals surface area (Å²) in [6, 6.07) is 6.87. The standard InChI is InChI=1S/C13H11F2NOS/c14-10-6-9(7-11(15)8-10)3-4-16-13(17)12-2-1-5-18-12/h1-2,5-8H,3-4H2,(H,16,17). The summed E-state index contributed by atoms with van der Waals surface area (Å²) >= 11 is 1.35. The van der Waals surface area contributed by atoms with E-state index >= 15 is 0 Å². The van der Waals surface area contributed by atoms with Crippen LogP contribution >= 0.6 is 11.3 Å². The summed E-state index contributed by atoms with van der Waals surface area (Å²) < 4.78 is 25.8. The van der Waals surface area contributed by atoms with E-state index in [4.69, 9.17) is 0 Å². The smallest absolute Gasteiger partial charge is 0.261 e. The summed E-state index contributed by atoms with van der Waals surface area (Å²) in [7, 11) is 0. The molecule has 18 heavy (non-hydrogen) atoms. The van der Waals surface area contributed by atoms with Crippen molar-refractivity contribution in [1.82, 2.24) is 5.32 Å². The van der Waals surface area contributed by atoms with Crippen LogP contribution in [-0.4, -0.2) is 12.5 Å². The number of hydrogen-bond acceptors (Lipinski definition) is 2. The van der Waals surface area contributed by atoms with E-state index in [0.29, 0.717) is 23.4 Å². The minimum absolute atomic E-state index is 0.165. The summed E-state index contributed by atoms with van der Waals surface area (Å²) in [5.41, 5.74) is 0.527. The van der Waals surface area contributed by atoms with Crippen molar-refractivity contribution in [3.05, 3.63) is 57.8 Å². The number of benzene rings is 1. The molecule has 0 saturated carbocycles. The van der Waals surface area contributed by atoms with Gasteiger partial charge in [0, 0.05) is 12.6 Å². The van der Waals surface area contributed by atoms with Gasteiger partial charge in [-0.05, 0) is 35.6 Å². The largest absolute Gasteiger partial charge is 0.351 e. The zero-order valence-electron chi connectivity index (χ0n) is 9.45. The zero-order chi connectivity index (χ0) is 13.0. The quantitative estimate of drug-likeness (QED) is 0.906. The number of carbonyl (C=O) groups excluding carboxylic acids is 1. The van der Waals surface area contributed by atoms with Gasteiger partial charge in [-0.1, -0.05) is 6.07 Å². The fourth-order valence-electron chi connectivity index (χ4n) is 1.57. The molecule has 0 spiro atoms. The van der Waals surface area contributed by atoms with Gasteiger partial charge in [0.25, 0.3) is 5.91 Å². The molecule has 2 aromatic rings. The van der Waals surface area contributed by atoms with Crippen LogP contribution in [0.2, 0.25) is 0 Å². The van der Waals surface area contributed by atoms with Gasteiger partial charge >= 0.3 is 0 Å². The van der Waals surface area contributed by atoms with Crippen molar-refractivity contribution in [3.63, 3.8) is 0 Å². The van der Waals surface area contributed by atoms with Crippen LogP contribution in [0.4, 0.5) is 8.78 Å². The SMILES string of the molecule is O=C(NCCc1cc(F)cc(F)c1)c1cccs1. The number of hydrogen-bond donors (Lipinski definition) is 1. The molecule has 1 amide bonds. The van der Waals surface area contributed by atoms with Gasteiger partial charge in [-0.15, -0.1) is 11.3 Å². The Morgan fingerprint density at radius 2 is 1.94 bits per heavy atom. The van der Waals surface area contributed by atoms with Crippen LogP contribution in [0.5, 0.6) is 0 Å².